The molecular formula is C14H11ClFN5. The summed E-state index contributed by atoms with van der Waals surface area (Å²) in [6, 6.07) is 9.90. The third-order valence-corrected chi connectivity index (χ3v) is 3.28. The molecule has 0 radical (unpaired) electrons. The van der Waals surface area contributed by atoms with Crippen LogP contribution in [0.1, 0.15) is 5.56 Å². The van der Waals surface area contributed by atoms with Crippen molar-refractivity contribution in [2.45, 2.75) is 6.92 Å². The molecule has 0 aliphatic heterocycles. The Bertz CT molecular complexity index is 795. The van der Waals surface area contributed by atoms with Crippen LogP contribution in [-0.4, -0.2) is 20.2 Å². The third kappa shape index (κ3) is 2.57. The second-order valence-electron chi connectivity index (χ2n) is 4.65. The molecule has 5 nitrogen and oxygen atoms in total. The maximum atomic E-state index is 13.6. The van der Waals surface area contributed by atoms with E-state index in [9.17, 15) is 4.39 Å². The lowest BCUT2D eigenvalue weighted by Gasteiger charge is -2.07. The lowest BCUT2D eigenvalue weighted by molar-refractivity contribution is 0.625. The van der Waals surface area contributed by atoms with Crippen LogP contribution in [0.2, 0.25) is 5.02 Å². The van der Waals surface area contributed by atoms with E-state index < -0.39 is 5.82 Å². The number of aryl methyl sites for hydroxylation is 1. The quantitative estimate of drug-likeness (QED) is 0.739. The highest BCUT2D eigenvalue weighted by Gasteiger charge is 2.13. The van der Waals surface area contributed by atoms with Gasteiger partial charge in [0.1, 0.15) is 5.82 Å². The van der Waals surface area contributed by atoms with Gasteiger partial charge in [-0.2, -0.15) is 4.68 Å². The first-order valence-electron chi connectivity index (χ1n) is 6.16. The van der Waals surface area contributed by atoms with Crippen LogP contribution in [0.5, 0.6) is 0 Å². The molecule has 0 saturated heterocycles. The number of hydrogen-bond acceptors (Lipinski definition) is 4. The largest absolute Gasteiger partial charge is 0.399 e. The Morgan fingerprint density at radius 2 is 2.00 bits per heavy atom. The third-order valence-electron chi connectivity index (χ3n) is 2.98. The van der Waals surface area contributed by atoms with Crippen molar-refractivity contribution in [1.82, 2.24) is 20.2 Å². The van der Waals surface area contributed by atoms with Gasteiger partial charge in [0.25, 0.3) is 0 Å². The fraction of sp³-hybridized carbons (Fsp3) is 0.0714. The van der Waals surface area contributed by atoms with Crippen molar-refractivity contribution in [2.24, 2.45) is 0 Å². The van der Waals surface area contributed by atoms with Crippen LogP contribution < -0.4 is 5.73 Å². The first-order valence-corrected chi connectivity index (χ1v) is 6.54. The summed E-state index contributed by atoms with van der Waals surface area (Å²) in [5.74, 6) is -0.0495. The Balaban J connectivity index is 2.14. The van der Waals surface area contributed by atoms with Gasteiger partial charge in [0.05, 0.1) is 10.7 Å². The van der Waals surface area contributed by atoms with Crippen molar-refractivity contribution >= 4 is 17.3 Å². The monoisotopic (exact) mass is 303 g/mol. The molecule has 0 atom stereocenters. The first kappa shape index (κ1) is 13.5. The van der Waals surface area contributed by atoms with E-state index in [2.05, 4.69) is 15.5 Å². The number of nitrogens with two attached hydrogens (primary N) is 1. The number of hydrogen-bond donors (Lipinski definition) is 1. The van der Waals surface area contributed by atoms with Gasteiger partial charge in [-0.1, -0.05) is 11.6 Å². The molecule has 3 aromatic rings. The molecule has 0 amide bonds. The minimum Gasteiger partial charge on any atom is -0.399 e. The summed E-state index contributed by atoms with van der Waals surface area (Å²) < 4.78 is 15.0. The lowest BCUT2D eigenvalue weighted by Crippen LogP contribution is -2.01. The predicted octanol–water partition coefficient (Wildman–Crippen LogP) is 3.01. The molecule has 0 spiro atoms. The molecule has 106 valence electrons. The topological polar surface area (TPSA) is 69.6 Å². The fourth-order valence-corrected chi connectivity index (χ4v) is 2.22. The number of nitrogen functional groups attached to an aromatic ring is 1. The van der Waals surface area contributed by atoms with Crippen molar-refractivity contribution in [1.29, 1.82) is 0 Å². The number of rotatable bonds is 2. The Labute approximate surface area is 125 Å². The number of benzene rings is 2. The van der Waals surface area contributed by atoms with Crippen LogP contribution in [0.3, 0.4) is 0 Å². The van der Waals surface area contributed by atoms with Gasteiger partial charge in [-0.05, 0) is 53.2 Å². The number of halogens is 2. The van der Waals surface area contributed by atoms with Crippen LogP contribution in [0.4, 0.5) is 10.1 Å². The molecule has 0 aliphatic carbocycles. The van der Waals surface area contributed by atoms with E-state index in [1.165, 1.54) is 16.8 Å². The van der Waals surface area contributed by atoms with E-state index in [4.69, 9.17) is 17.3 Å². The van der Waals surface area contributed by atoms with Crippen molar-refractivity contribution in [3.8, 4) is 17.1 Å². The van der Waals surface area contributed by atoms with E-state index in [1.54, 1.807) is 12.1 Å². The summed E-state index contributed by atoms with van der Waals surface area (Å²) in [6.45, 7) is 1.93. The molecule has 0 saturated carbocycles. The second-order valence-corrected chi connectivity index (χ2v) is 5.05. The molecule has 0 fully saturated rings. The van der Waals surface area contributed by atoms with E-state index >= 15 is 0 Å². The Morgan fingerprint density at radius 1 is 1.19 bits per heavy atom. The molecule has 1 heterocycles. The minimum atomic E-state index is -0.528. The first-order chi connectivity index (χ1) is 10.0. The van der Waals surface area contributed by atoms with Crippen LogP contribution >= 0.6 is 11.6 Å². The lowest BCUT2D eigenvalue weighted by atomic mass is 10.1. The summed E-state index contributed by atoms with van der Waals surface area (Å²) >= 11 is 5.69. The number of aromatic nitrogens is 4. The molecule has 21 heavy (non-hydrogen) atoms. The van der Waals surface area contributed by atoms with E-state index in [0.717, 1.165) is 11.1 Å². The number of anilines is 1. The average molecular weight is 304 g/mol. The molecule has 2 aromatic carbocycles. The van der Waals surface area contributed by atoms with Gasteiger partial charge in [0, 0.05) is 17.3 Å². The molecule has 2 N–H and O–H groups in total. The van der Waals surface area contributed by atoms with Crippen molar-refractivity contribution in [2.75, 3.05) is 5.73 Å². The van der Waals surface area contributed by atoms with E-state index in [1.807, 2.05) is 19.1 Å². The zero-order valence-corrected chi connectivity index (χ0v) is 11.8. The zero-order valence-electron chi connectivity index (χ0n) is 11.1. The van der Waals surface area contributed by atoms with Crippen molar-refractivity contribution in [3.63, 3.8) is 0 Å². The molecule has 0 bridgehead atoms. The van der Waals surface area contributed by atoms with Crippen LogP contribution in [0.15, 0.2) is 36.4 Å². The maximum absolute atomic E-state index is 13.6. The summed E-state index contributed by atoms with van der Waals surface area (Å²) in [7, 11) is 0. The standard InChI is InChI=1S/C14H11ClFN5/c1-8-4-9(6-10(17)5-8)14-18-19-20-21(14)11-2-3-12(15)13(16)7-11/h2-7H,17H2,1H3. The molecule has 0 aliphatic rings. The molecule has 1 aromatic heterocycles. The average Bonchev–Trinajstić information content (AvgIpc) is 2.90. The smallest absolute Gasteiger partial charge is 0.187 e. The fourth-order valence-electron chi connectivity index (χ4n) is 2.10. The Kier molecular flexibility index (Phi) is 3.31. The highest BCUT2D eigenvalue weighted by atomic mass is 35.5. The second kappa shape index (κ2) is 5.14. The van der Waals surface area contributed by atoms with E-state index in [-0.39, 0.29) is 5.02 Å². The van der Waals surface area contributed by atoms with Crippen molar-refractivity contribution < 1.29 is 4.39 Å². The molecular weight excluding hydrogens is 293 g/mol. The van der Waals surface area contributed by atoms with Crippen LogP contribution in [-0.2, 0) is 0 Å². The maximum Gasteiger partial charge on any atom is 0.187 e. The van der Waals surface area contributed by atoms with Gasteiger partial charge >= 0.3 is 0 Å². The minimum absolute atomic E-state index is 0.0492. The van der Waals surface area contributed by atoms with Gasteiger partial charge in [-0.3, -0.25) is 0 Å². The Hall–Kier alpha value is -2.47. The highest BCUT2D eigenvalue weighted by Crippen LogP contribution is 2.24. The number of tetrazole rings is 1. The van der Waals surface area contributed by atoms with Crippen LogP contribution in [0, 0.1) is 12.7 Å². The predicted molar refractivity (Wildman–Crippen MR) is 78.7 cm³/mol. The van der Waals surface area contributed by atoms with Crippen LogP contribution in [0.25, 0.3) is 17.1 Å². The van der Waals surface area contributed by atoms with E-state index in [0.29, 0.717) is 17.2 Å². The SMILES string of the molecule is Cc1cc(N)cc(-c2nnnn2-c2ccc(Cl)c(F)c2)c1. The molecule has 7 heteroatoms. The van der Waals surface area contributed by atoms with Gasteiger partial charge in [0.15, 0.2) is 5.82 Å². The van der Waals surface area contributed by atoms with Crippen molar-refractivity contribution in [3.05, 3.63) is 52.8 Å². The van der Waals surface area contributed by atoms with Gasteiger partial charge in [-0.25, -0.2) is 4.39 Å². The van der Waals surface area contributed by atoms with Gasteiger partial charge in [0.2, 0.25) is 0 Å². The molecule has 3 rings (SSSR count). The summed E-state index contributed by atoms with van der Waals surface area (Å²) in [4.78, 5) is 0. The van der Waals surface area contributed by atoms with Gasteiger partial charge < -0.3 is 5.73 Å². The zero-order chi connectivity index (χ0) is 15.0. The van der Waals surface area contributed by atoms with Gasteiger partial charge in [-0.15, -0.1) is 5.10 Å². The summed E-state index contributed by atoms with van der Waals surface area (Å²) in [5, 5.41) is 11.6. The normalized spacial score (nSPS) is 10.8. The highest BCUT2D eigenvalue weighted by molar-refractivity contribution is 6.30. The summed E-state index contributed by atoms with van der Waals surface area (Å²) in [5.41, 5.74) is 8.68. The summed E-state index contributed by atoms with van der Waals surface area (Å²) in [6.07, 6.45) is 0. The molecule has 0 unspecified atom stereocenters. The Morgan fingerprint density at radius 3 is 2.71 bits per heavy atom. The number of nitrogens with zero attached hydrogens (tertiary/aromatic N) is 4.